The summed E-state index contributed by atoms with van der Waals surface area (Å²) in [5, 5.41) is 0. The van der Waals surface area contributed by atoms with E-state index in [1.807, 2.05) is 18.3 Å². The van der Waals surface area contributed by atoms with Gasteiger partial charge in [0.1, 0.15) is 5.82 Å². The SMILES string of the molecule is CCC[C@H]1CC[C@H](c2ccc(-c3ccc([C@H]4CC[C@H](C)CC4)cc3F)nc2)CC1. The van der Waals surface area contributed by atoms with Crippen LogP contribution in [-0.2, 0) is 0 Å². The van der Waals surface area contributed by atoms with Crippen LogP contribution in [0.3, 0.4) is 0 Å². The van der Waals surface area contributed by atoms with E-state index in [1.165, 1.54) is 75.3 Å². The maximum Gasteiger partial charge on any atom is 0.132 e. The van der Waals surface area contributed by atoms with E-state index in [-0.39, 0.29) is 5.82 Å². The van der Waals surface area contributed by atoms with Crippen molar-refractivity contribution in [2.75, 3.05) is 0 Å². The molecule has 2 heteroatoms. The average molecular weight is 394 g/mol. The molecule has 2 saturated carbocycles. The Bertz CT molecular complexity index is 781. The molecule has 0 bridgehead atoms. The zero-order chi connectivity index (χ0) is 20.2. The van der Waals surface area contributed by atoms with Crippen LogP contribution in [-0.4, -0.2) is 4.98 Å². The molecule has 0 atom stereocenters. The number of nitrogens with zero attached hydrogens (tertiary/aromatic N) is 1. The van der Waals surface area contributed by atoms with Crippen molar-refractivity contribution in [3.05, 3.63) is 53.5 Å². The van der Waals surface area contributed by atoms with Crippen molar-refractivity contribution in [3.63, 3.8) is 0 Å². The molecular weight excluding hydrogens is 357 g/mol. The number of hydrogen-bond donors (Lipinski definition) is 0. The summed E-state index contributed by atoms with van der Waals surface area (Å²) in [7, 11) is 0. The van der Waals surface area contributed by atoms with Gasteiger partial charge >= 0.3 is 0 Å². The van der Waals surface area contributed by atoms with Crippen molar-refractivity contribution >= 4 is 0 Å². The van der Waals surface area contributed by atoms with Crippen LogP contribution >= 0.6 is 0 Å². The highest BCUT2D eigenvalue weighted by Crippen LogP contribution is 2.39. The molecule has 2 aromatic rings. The molecule has 2 fully saturated rings. The summed E-state index contributed by atoms with van der Waals surface area (Å²) in [4.78, 5) is 4.65. The van der Waals surface area contributed by atoms with Crippen molar-refractivity contribution in [1.29, 1.82) is 0 Å². The molecule has 1 nitrogen and oxygen atoms in total. The summed E-state index contributed by atoms with van der Waals surface area (Å²) in [5.41, 5.74) is 3.89. The lowest BCUT2D eigenvalue weighted by atomic mass is 9.77. The zero-order valence-corrected chi connectivity index (χ0v) is 18.2. The second-order valence-electron chi connectivity index (χ2n) is 9.68. The highest BCUT2D eigenvalue weighted by atomic mass is 19.1. The Morgan fingerprint density at radius 3 is 2.14 bits per heavy atom. The molecule has 156 valence electrons. The number of aromatic nitrogens is 1. The lowest BCUT2D eigenvalue weighted by molar-refractivity contribution is 0.308. The van der Waals surface area contributed by atoms with Crippen LogP contribution in [0, 0.1) is 17.7 Å². The molecule has 0 amide bonds. The minimum Gasteiger partial charge on any atom is -0.256 e. The van der Waals surface area contributed by atoms with Gasteiger partial charge in [-0.15, -0.1) is 0 Å². The van der Waals surface area contributed by atoms with Gasteiger partial charge in [0.05, 0.1) is 5.69 Å². The standard InChI is InChI=1S/C27H36FN/c1-3-4-20-7-11-22(12-8-20)24-14-16-27(29-18-24)25-15-13-23(17-26(25)28)21-9-5-19(2)6-10-21/h13-22H,3-12H2,1-2H3/t19-,20-,21-,22-. The van der Waals surface area contributed by atoms with Gasteiger partial charge in [0, 0.05) is 11.8 Å². The predicted octanol–water partition coefficient (Wildman–Crippen LogP) is 8.26. The van der Waals surface area contributed by atoms with Crippen LogP contribution in [0.1, 0.15) is 101 Å². The van der Waals surface area contributed by atoms with Gasteiger partial charge in [-0.05, 0) is 91.5 Å². The lowest BCUT2D eigenvalue weighted by Gasteiger charge is -2.28. The van der Waals surface area contributed by atoms with Gasteiger partial charge < -0.3 is 0 Å². The molecule has 1 heterocycles. The first-order valence-corrected chi connectivity index (χ1v) is 11.9. The topological polar surface area (TPSA) is 12.9 Å². The van der Waals surface area contributed by atoms with Gasteiger partial charge in [-0.25, -0.2) is 4.39 Å². The van der Waals surface area contributed by atoms with Crippen LogP contribution in [0.4, 0.5) is 4.39 Å². The van der Waals surface area contributed by atoms with E-state index >= 15 is 0 Å². The van der Waals surface area contributed by atoms with Gasteiger partial charge in [-0.3, -0.25) is 4.98 Å². The van der Waals surface area contributed by atoms with Crippen LogP contribution in [0.5, 0.6) is 0 Å². The van der Waals surface area contributed by atoms with Crippen molar-refractivity contribution < 1.29 is 4.39 Å². The summed E-state index contributed by atoms with van der Waals surface area (Å²) in [5.74, 6) is 2.77. The van der Waals surface area contributed by atoms with E-state index in [9.17, 15) is 4.39 Å². The third-order valence-electron chi connectivity index (χ3n) is 7.56. The first-order valence-electron chi connectivity index (χ1n) is 11.9. The average Bonchev–Trinajstić information content (AvgIpc) is 2.75. The number of hydrogen-bond acceptors (Lipinski definition) is 1. The molecule has 1 aromatic heterocycles. The maximum absolute atomic E-state index is 14.9. The Balaban J connectivity index is 1.42. The fraction of sp³-hybridized carbons (Fsp3) is 0.593. The third-order valence-corrected chi connectivity index (χ3v) is 7.56. The molecule has 4 rings (SSSR count). The third kappa shape index (κ3) is 4.90. The van der Waals surface area contributed by atoms with Crippen molar-refractivity contribution in [3.8, 4) is 11.3 Å². The van der Waals surface area contributed by atoms with Crippen LogP contribution in [0.15, 0.2) is 36.5 Å². The summed E-state index contributed by atoms with van der Waals surface area (Å²) < 4.78 is 14.9. The second-order valence-corrected chi connectivity index (χ2v) is 9.68. The smallest absolute Gasteiger partial charge is 0.132 e. The molecule has 0 radical (unpaired) electrons. The van der Waals surface area contributed by atoms with Gasteiger partial charge in [0.2, 0.25) is 0 Å². The van der Waals surface area contributed by atoms with E-state index in [0.717, 1.165) is 17.5 Å². The highest BCUT2D eigenvalue weighted by molar-refractivity contribution is 5.60. The Hall–Kier alpha value is -1.70. The zero-order valence-electron chi connectivity index (χ0n) is 18.2. The quantitative estimate of drug-likeness (QED) is 0.498. The van der Waals surface area contributed by atoms with Crippen LogP contribution < -0.4 is 0 Å². The van der Waals surface area contributed by atoms with E-state index in [0.29, 0.717) is 17.4 Å². The maximum atomic E-state index is 14.9. The molecule has 0 N–H and O–H groups in total. The normalized spacial score (nSPS) is 27.7. The van der Waals surface area contributed by atoms with Crippen LogP contribution in [0.2, 0.25) is 0 Å². The van der Waals surface area contributed by atoms with Gasteiger partial charge in [-0.2, -0.15) is 0 Å². The fourth-order valence-corrected chi connectivity index (χ4v) is 5.59. The number of rotatable bonds is 5. The Morgan fingerprint density at radius 1 is 0.862 bits per heavy atom. The van der Waals surface area contributed by atoms with Gasteiger partial charge in [-0.1, -0.05) is 51.7 Å². The number of halogens is 1. The molecule has 0 saturated heterocycles. The largest absolute Gasteiger partial charge is 0.256 e. The highest BCUT2D eigenvalue weighted by Gasteiger charge is 2.23. The van der Waals surface area contributed by atoms with Gasteiger partial charge in [0.15, 0.2) is 0 Å². The summed E-state index contributed by atoms with van der Waals surface area (Å²) in [6, 6.07) is 10.0. The summed E-state index contributed by atoms with van der Waals surface area (Å²) in [6.45, 7) is 4.61. The molecule has 0 unspecified atom stereocenters. The number of pyridine rings is 1. The van der Waals surface area contributed by atoms with E-state index in [2.05, 4.69) is 31.0 Å². The molecule has 0 aliphatic heterocycles. The second kappa shape index (κ2) is 9.41. The summed E-state index contributed by atoms with van der Waals surface area (Å²) in [6.07, 6.45) is 14.8. The lowest BCUT2D eigenvalue weighted by Crippen LogP contribution is -2.13. The first kappa shape index (κ1) is 20.6. The Labute approximate surface area is 176 Å². The van der Waals surface area contributed by atoms with Crippen molar-refractivity contribution in [2.45, 2.75) is 89.9 Å². The van der Waals surface area contributed by atoms with Crippen molar-refractivity contribution in [1.82, 2.24) is 4.98 Å². The van der Waals surface area contributed by atoms with Crippen molar-refractivity contribution in [2.24, 2.45) is 11.8 Å². The van der Waals surface area contributed by atoms with Gasteiger partial charge in [0.25, 0.3) is 0 Å². The van der Waals surface area contributed by atoms with E-state index in [4.69, 9.17) is 0 Å². The van der Waals surface area contributed by atoms with E-state index < -0.39 is 0 Å². The molecule has 0 spiro atoms. The monoisotopic (exact) mass is 393 g/mol. The van der Waals surface area contributed by atoms with E-state index in [1.54, 1.807) is 6.07 Å². The molecule has 29 heavy (non-hydrogen) atoms. The Kier molecular flexibility index (Phi) is 6.67. The minimum atomic E-state index is -0.124. The van der Waals surface area contributed by atoms with Crippen LogP contribution in [0.25, 0.3) is 11.3 Å². The molecular formula is C27H36FN. The molecule has 2 aliphatic carbocycles. The number of benzene rings is 1. The fourth-order valence-electron chi connectivity index (χ4n) is 5.59. The molecule has 2 aliphatic rings. The Morgan fingerprint density at radius 2 is 1.52 bits per heavy atom. The summed E-state index contributed by atoms with van der Waals surface area (Å²) >= 11 is 0. The minimum absolute atomic E-state index is 0.124. The molecule has 1 aromatic carbocycles. The first-order chi connectivity index (χ1) is 14.1. The predicted molar refractivity (Wildman–Crippen MR) is 120 cm³/mol.